The van der Waals surface area contributed by atoms with Crippen molar-refractivity contribution in [3.63, 3.8) is 0 Å². The van der Waals surface area contributed by atoms with Crippen LogP contribution in [-0.2, 0) is 15.1 Å². The highest BCUT2D eigenvalue weighted by Crippen LogP contribution is 2.31. The molecule has 1 aromatic rings. The third-order valence-electron chi connectivity index (χ3n) is 3.01. The predicted molar refractivity (Wildman–Crippen MR) is 68.8 cm³/mol. The van der Waals surface area contributed by atoms with Gasteiger partial charge in [-0.2, -0.15) is 0 Å². The molecule has 3 nitrogen and oxygen atoms in total. The molecule has 0 saturated carbocycles. The first-order valence-electron chi connectivity index (χ1n) is 5.47. The second-order valence-electron chi connectivity index (χ2n) is 4.06. The molecule has 5 heteroatoms. The Morgan fingerprint density at radius 2 is 2.18 bits per heavy atom. The third kappa shape index (κ3) is 2.75. The molecule has 1 heterocycles. The molecule has 0 amide bonds. The Bertz CT molecular complexity index is 390. The summed E-state index contributed by atoms with van der Waals surface area (Å²) in [5.74, 6) is 0. The Labute approximate surface area is 111 Å². The summed E-state index contributed by atoms with van der Waals surface area (Å²) in [6, 6.07) is 5.54. The summed E-state index contributed by atoms with van der Waals surface area (Å²) in [7, 11) is 1.68. The largest absolute Gasteiger partial charge is 0.377 e. The van der Waals surface area contributed by atoms with E-state index in [1.54, 1.807) is 13.2 Å². The van der Waals surface area contributed by atoms with Gasteiger partial charge in [-0.05, 0) is 17.7 Å². The van der Waals surface area contributed by atoms with E-state index in [4.69, 9.17) is 32.7 Å². The van der Waals surface area contributed by atoms with Crippen LogP contribution in [0.15, 0.2) is 18.2 Å². The van der Waals surface area contributed by atoms with Gasteiger partial charge in [0.1, 0.15) is 5.60 Å². The molecule has 2 rings (SSSR count). The Hall–Kier alpha value is -0.320. The fourth-order valence-electron chi connectivity index (χ4n) is 1.94. The van der Waals surface area contributed by atoms with Crippen molar-refractivity contribution in [1.29, 1.82) is 0 Å². The summed E-state index contributed by atoms with van der Waals surface area (Å²) in [5.41, 5.74) is 0.480. The van der Waals surface area contributed by atoms with E-state index in [-0.39, 0.29) is 0 Å². The molecule has 0 radical (unpaired) electrons. The predicted octanol–water partition coefficient (Wildman–Crippen LogP) is 2.45. The quantitative estimate of drug-likeness (QED) is 0.900. The first-order chi connectivity index (χ1) is 8.18. The van der Waals surface area contributed by atoms with Gasteiger partial charge in [-0.3, -0.25) is 0 Å². The maximum absolute atomic E-state index is 6.04. The highest BCUT2D eigenvalue weighted by Gasteiger charge is 2.34. The highest BCUT2D eigenvalue weighted by molar-refractivity contribution is 6.42. The van der Waals surface area contributed by atoms with Crippen LogP contribution in [0.25, 0.3) is 0 Å². The minimum absolute atomic E-state index is 0.495. The van der Waals surface area contributed by atoms with Crippen LogP contribution in [0.2, 0.25) is 10.0 Å². The van der Waals surface area contributed by atoms with Gasteiger partial charge >= 0.3 is 0 Å². The lowest BCUT2D eigenvalue weighted by Crippen LogP contribution is -2.41. The lowest BCUT2D eigenvalue weighted by atomic mass is 9.94. The van der Waals surface area contributed by atoms with Gasteiger partial charge < -0.3 is 14.8 Å². The van der Waals surface area contributed by atoms with Crippen LogP contribution in [0.5, 0.6) is 0 Å². The number of benzene rings is 1. The van der Waals surface area contributed by atoms with Crippen LogP contribution >= 0.6 is 23.2 Å². The molecule has 0 unspecified atom stereocenters. The van der Waals surface area contributed by atoms with Gasteiger partial charge in [-0.25, -0.2) is 0 Å². The monoisotopic (exact) mass is 275 g/mol. The zero-order valence-electron chi connectivity index (χ0n) is 9.63. The van der Waals surface area contributed by atoms with E-state index >= 15 is 0 Å². The van der Waals surface area contributed by atoms with E-state index in [1.807, 2.05) is 12.1 Å². The summed E-state index contributed by atoms with van der Waals surface area (Å²) >= 11 is 12.0. The zero-order chi connectivity index (χ0) is 12.3. The molecule has 1 aliphatic heterocycles. The molecule has 94 valence electrons. The van der Waals surface area contributed by atoms with Crippen LogP contribution in [0.1, 0.15) is 5.56 Å². The van der Waals surface area contributed by atoms with Crippen molar-refractivity contribution in [3.8, 4) is 0 Å². The van der Waals surface area contributed by atoms with Crippen molar-refractivity contribution in [2.75, 3.05) is 33.4 Å². The van der Waals surface area contributed by atoms with Crippen molar-refractivity contribution in [3.05, 3.63) is 33.8 Å². The van der Waals surface area contributed by atoms with Crippen LogP contribution < -0.4 is 5.32 Å². The number of methoxy groups -OCH3 is 1. The second kappa shape index (κ2) is 5.55. The normalized spacial score (nSPS) is 25.6. The number of hydrogen-bond donors (Lipinski definition) is 1. The Morgan fingerprint density at radius 1 is 1.35 bits per heavy atom. The lowest BCUT2D eigenvalue weighted by molar-refractivity contribution is -0.0645. The molecule has 1 fully saturated rings. The van der Waals surface area contributed by atoms with Crippen LogP contribution in [-0.4, -0.2) is 33.4 Å². The summed E-state index contributed by atoms with van der Waals surface area (Å²) < 4.78 is 11.2. The summed E-state index contributed by atoms with van der Waals surface area (Å²) in [6.07, 6.45) is 0. The van der Waals surface area contributed by atoms with E-state index in [1.165, 1.54) is 0 Å². The average molecular weight is 276 g/mol. The smallest absolute Gasteiger partial charge is 0.128 e. The van der Waals surface area contributed by atoms with Gasteiger partial charge in [0, 0.05) is 20.2 Å². The van der Waals surface area contributed by atoms with Crippen LogP contribution in [0, 0.1) is 0 Å². The number of halogens is 2. The maximum atomic E-state index is 6.04. The molecule has 1 N–H and O–H groups in total. The molecule has 0 spiro atoms. The average Bonchev–Trinajstić information content (AvgIpc) is 2.59. The second-order valence-corrected chi connectivity index (χ2v) is 4.87. The van der Waals surface area contributed by atoms with Crippen LogP contribution in [0.4, 0.5) is 0 Å². The fraction of sp³-hybridized carbons (Fsp3) is 0.500. The molecule has 1 aliphatic rings. The zero-order valence-corrected chi connectivity index (χ0v) is 11.1. The van der Waals surface area contributed by atoms with Gasteiger partial charge in [0.25, 0.3) is 0 Å². The third-order valence-corrected chi connectivity index (χ3v) is 3.74. The minimum atomic E-state index is -0.495. The van der Waals surface area contributed by atoms with Crippen molar-refractivity contribution in [2.24, 2.45) is 0 Å². The Morgan fingerprint density at radius 3 is 2.88 bits per heavy atom. The van der Waals surface area contributed by atoms with Gasteiger partial charge in [0.2, 0.25) is 0 Å². The maximum Gasteiger partial charge on any atom is 0.128 e. The van der Waals surface area contributed by atoms with Crippen molar-refractivity contribution in [2.45, 2.75) is 5.60 Å². The topological polar surface area (TPSA) is 30.5 Å². The minimum Gasteiger partial charge on any atom is -0.377 e. The lowest BCUT2D eigenvalue weighted by Gasteiger charge is -2.31. The summed E-state index contributed by atoms with van der Waals surface area (Å²) in [5, 5.41) is 4.37. The highest BCUT2D eigenvalue weighted by atomic mass is 35.5. The first kappa shape index (κ1) is 13.1. The van der Waals surface area contributed by atoms with E-state index in [9.17, 15) is 0 Å². The number of ether oxygens (including phenoxy) is 2. The van der Waals surface area contributed by atoms with E-state index in [2.05, 4.69) is 5.32 Å². The summed E-state index contributed by atoms with van der Waals surface area (Å²) in [6.45, 7) is 2.72. The molecule has 1 saturated heterocycles. The Kier molecular flexibility index (Phi) is 4.28. The van der Waals surface area contributed by atoms with Gasteiger partial charge in [0.05, 0.1) is 23.3 Å². The van der Waals surface area contributed by atoms with Gasteiger partial charge in [0.15, 0.2) is 0 Å². The van der Waals surface area contributed by atoms with E-state index < -0.39 is 5.60 Å². The molecular weight excluding hydrogens is 261 g/mol. The number of hydrogen-bond acceptors (Lipinski definition) is 3. The molecular formula is C12H15Cl2NO2. The van der Waals surface area contributed by atoms with Gasteiger partial charge in [-0.15, -0.1) is 0 Å². The number of rotatable bonds is 2. The van der Waals surface area contributed by atoms with Gasteiger partial charge in [-0.1, -0.05) is 29.3 Å². The molecule has 0 aliphatic carbocycles. The fourth-order valence-corrected chi connectivity index (χ4v) is 2.23. The van der Waals surface area contributed by atoms with E-state index in [0.29, 0.717) is 29.8 Å². The van der Waals surface area contributed by atoms with Crippen LogP contribution in [0.3, 0.4) is 0 Å². The first-order valence-corrected chi connectivity index (χ1v) is 6.23. The van der Waals surface area contributed by atoms with Crippen molar-refractivity contribution < 1.29 is 9.47 Å². The van der Waals surface area contributed by atoms with E-state index in [0.717, 1.165) is 12.1 Å². The SMILES string of the molecule is CO[C@@]1(c2ccc(Cl)c(Cl)c2)CNCCOC1. The van der Waals surface area contributed by atoms with Crippen molar-refractivity contribution >= 4 is 23.2 Å². The molecule has 17 heavy (non-hydrogen) atoms. The Balaban J connectivity index is 2.35. The standard InChI is InChI=1S/C12H15Cl2NO2/c1-16-12(7-15-4-5-17-8-12)9-2-3-10(13)11(14)6-9/h2-3,6,15H,4-5,7-8H2,1H3/t12-/m0/s1. The molecule has 0 aromatic heterocycles. The number of nitrogens with one attached hydrogen (secondary N) is 1. The molecule has 1 aromatic carbocycles. The molecule has 1 atom stereocenters. The van der Waals surface area contributed by atoms with Crippen molar-refractivity contribution in [1.82, 2.24) is 5.32 Å². The summed E-state index contributed by atoms with van der Waals surface area (Å²) in [4.78, 5) is 0. The molecule has 0 bridgehead atoms.